The van der Waals surface area contributed by atoms with E-state index >= 15 is 0 Å². The van der Waals surface area contributed by atoms with E-state index in [0.29, 0.717) is 39.1 Å². The lowest BCUT2D eigenvalue weighted by Gasteiger charge is -2.46. The van der Waals surface area contributed by atoms with Crippen molar-refractivity contribution in [1.29, 1.82) is 0 Å². The predicted molar refractivity (Wildman–Crippen MR) is 94.8 cm³/mol. The fraction of sp³-hybridized carbons (Fsp3) is 0.450. The van der Waals surface area contributed by atoms with Crippen molar-refractivity contribution in [3.05, 3.63) is 60.4 Å². The van der Waals surface area contributed by atoms with Crippen LogP contribution in [0.25, 0.3) is 0 Å². The highest BCUT2D eigenvalue weighted by atomic mass is 19.3. The molecule has 2 aliphatic rings. The van der Waals surface area contributed by atoms with E-state index in [1.54, 1.807) is 6.20 Å². The number of piperidine rings is 1. The van der Waals surface area contributed by atoms with E-state index in [9.17, 15) is 8.78 Å². The van der Waals surface area contributed by atoms with Crippen LogP contribution in [0.5, 0.6) is 0 Å². The van der Waals surface area contributed by atoms with Crippen LogP contribution >= 0.6 is 0 Å². The molecule has 5 heteroatoms. The van der Waals surface area contributed by atoms with E-state index in [-0.39, 0.29) is 6.42 Å². The SMILES string of the molecule is FC1(F)CCN(Cc2ccccn2)C[C@@]12CCN(c1ccccc1)C2. The van der Waals surface area contributed by atoms with Crippen LogP contribution in [0, 0.1) is 5.41 Å². The van der Waals surface area contributed by atoms with Gasteiger partial charge in [-0.05, 0) is 30.7 Å². The molecule has 132 valence electrons. The Bertz CT molecular complexity index is 707. The molecule has 4 rings (SSSR count). The van der Waals surface area contributed by atoms with Gasteiger partial charge in [-0.2, -0.15) is 0 Å². The number of pyridine rings is 1. The van der Waals surface area contributed by atoms with Crippen LogP contribution in [0.3, 0.4) is 0 Å². The molecule has 1 aromatic carbocycles. The summed E-state index contributed by atoms with van der Waals surface area (Å²) >= 11 is 0. The van der Waals surface area contributed by atoms with E-state index in [2.05, 4.69) is 14.8 Å². The highest BCUT2D eigenvalue weighted by Gasteiger charge is 2.59. The number of para-hydroxylation sites is 1. The first-order valence-electron chi connectivity index (χ1n) is 8.88. The zero-order valence-corrected chi connectivity index (χ0v) is 14.2. The van der Waals surface area contributed by atoms with Gasteiger partial charge in [0.1, 0.15) is 0 Å². The standard InChI is InChI=1S/C20H23F2N3/c21-20(22)10-12-24(14-17-6-4-5-11-23-17)15-19(20)9-13-25(16-19)18-7-2-1-3-8-18/h1-8,11H,9-10,12-16H2/t19-/m1/s1. The van der Waals surface area contributed by atoms with E-state index in [0.717, 1.165) is 11.4 Å². The first-order valence-corrected chi connectivity index (χ1v) is 8.88. The van der Waals surface area contributed by atoms with Crippen LogP contribution < -0.4 is 4.90 Å². The second-order valence-electron chi connectivity index (χ2n) is 7.27. The van der Waals surface area contributed by atoms with Gasteiger partial charge in [0.05, 0.1) is 11.1 Å². The number of aromatic nitrogens is 1. The Kier molecular flexibility index (Phi) is 4.20. The normalized spacial score (nSPS) is 26.2. The molecule has 2 aliphatic heterocycles. The van der Waals surface area contributed by atoms with Crippen molar-refractivity contribution in [2.45, 2.75) is 25.3 Å². The topological polar surface area (TPSA) is 19.4 Å². The average molecular weight is 343 g/mol. The number of benzene rings is 1. The van der Waals surface area contributed by atoms with Crippen LogP contribution in [-0.4, -0.2) is 42.0 Å². The molecule has 2 aromatic rings. The van der Waals surface area contributed by atoms with E-state index in [1.165, 1.54) is 0 Å². The monoisotopic (exact) mass is 343 g/mol. The van der Waals surface area contributed by atoms with Crippen molar-refractivity contribution >= 4 is 5.69 Å². The van der Waals surface area contributed by atoms with Gasteiger partial charge in [-0.3, -0.25) is 9.88 Å². The van der Waals surface area contributed by atoms with Crippen LogP contribution in [-0.2, 0) is 6.54 Å². The summed E-state index contributed by atoms with van der Waals surface area (Å²) < 4.78 is 29.8. The third-order valence-corrected chi connectivity index (χ3v) is 5.63. The quantitative estimate of drug-likeness (QED) is 0.845. The number of anilines is 1. The molecule has 0 N–H and O–H groups in total. The molecule has 0 saturated carbocycles. The van der Waals surface area contributed by atoms with Crippen molar-refractivity contribution in [3.63, 3.8) is 0 Å². The molecule has 1 aromatic heterocycles. The van der Waals surface area contributed by atoms with Crippen molar-refractivity contribution in [3.8, 4) is 0 Å². The summed E-state index contributed by atoms with van der Waals surface area (Å²) in [6.45, 7) is 2.61. The largest absolute Gasteiger partial charge is 0.371 e. The van der Waals surface area contributed by atoms with Crippen molar-refractivity contribution < 1.29 is 8.78 Å². The Morgan fingerprint density at radius 2 is 1.72 bits per heavy atom. The van der Waals surface area contributed by atoms with Gasteiger partial charge in [-0.25, -0.2) is 8.78 Å². The highest BCUT2D eigenvalue weighted by Crippen LogP contribution is 2.50. The van der Waals surface area contributed by atoms with Gasteiger partial charge in [0.2, 0.25) is 0 Å². The number of rotatable bonds is 3. The molecule has 0 bridgehead atoms. The zero-order chi connectivity index (χ0) is 17.3. The summed E-state index contributed by atoms with van der Waals surface area (Å²) in [5.74, 6) is -2.61. The fourth-order valence-corrected chi connectivity index (χ4v) is 4.20. The zero-order valence-electron chi connectivity index (χ0n) is 14.2. The molecular weight excluding hydrogens is 320 g/mol. The van der Waals surface area contributed by atoms with E-state index in [1.807, 2.05) is 48.5 Å². The summed E-state index contributed by atoms with van der Waals surface area (Å²) in [6.07, 6.45) is 2.23. The lowest BCUT2D eigenvalue weighted by molar-refractivity contribution is -0.159. The van der Waals surface area contributed by atoms with Gasteiger partial charge in [0, 0.05) is 51.0 Å². The Hall–Kier alpha value is -2.01. The molecular formula is C20H23F2N3. The van der Waals surface area contributed by atoms with Gasteiger partial charge in [0.15, 0.2) is 0 Å². The maximum Gasteiger partial charge on any atom is 0.257 e. The van der Waals surface area contributed by atoms with Gasteiger partial charge < -0.3 is 4.90 Å². The molecule has 3 heterocycles. The highest BCUT2D eigenvalue weighted by molar-refractivity contribution is 5.47. The van der Waals surface area contributed by atoms with Crippen LogP contribution in [0.4, 0.5) is 14.5 Å². The first kappa shape index (κ1) is 16.5. The molecule has 0 radical (unpaired) electrons. The summed E-state index contributed by atoms with van der Waals surface area (Å²) in [6, 6.07) is 15.7. The third kappa shape index (κ3) is 3.13. The molecule has 1 spiro atoms. The Morgan fingerprint density at radius 3 is 2.48 bits per heavy atom. The van der Waals surface area contributed by atoms with E-state index < -0.39 is 11.3 Å². The summed E-state index contributed by atoms with van der Waals surface area (Å²) in [4.78, 5) is 8.60. The number of nitrogens with zero attached hydrogens (tertiary/aromatic N) is 3. The number of alkyl halides is 2. The molecule has 0 unspecified atom stereocenters. The Labute approximate surface area is 147 Å². The van der Waals surface area contributed by atoms with Crippen LogP contribution in [0.2, 0.25) is 0 Å². The van der Waals surface area contributed by atoms with Crippen LogP contribution in [0.1, 0.15) is 18.5 Å². The third-order valence-electron chi connectivity index (χ3n) is 5.63. The minimum absolute atomic E-state index is 0.0670. The number of likely N-dealkylation sites (tertiary alicyclic amines) is 1. The van der Waals surface area contributed by atoms with Crippen LogP contribution in [0.15, 0.2) is 54.7 Å². The van der Waals surface area contributed by atoms with Crippen molar-refractivity contribution in [2.75, 3.05) is 31.1 Å². The second kappa shape index (κ2) is 6.37. The lowest BCUT2D eigenvalue weighted by Crippen LogP contribution is -2.56. The average Bonchev–Trinajstić information content (AvgIpc) is 3.06. The molecule has 3 nitrogen and oxygen atoms in total. The number of halogens is 2. The molecule has 2 fully saturated rings. The Morgan fingerprint density at radius 1 is 0.920 bits per heavy atom. The van der Waals surface area contributed by atoms with Gasteiger partial charge in [0.25, 0.3) is 5.92 Å². The maximum atomic E-state index is 14.9. The van der Waals surface area contributed by atoms with Gasteiger partial charge in [-0.1, -0.05) is 24.3 Å². The molecule has 25 heavy (non-hydrogen) atoms. The summed E-state index contributed by atoms with van der Waals surface area (Å²) in [7, 11) is 0. The Balaban J connectivity index is 1.52. The molecule has 1 atom stereocenters. The number of hydrogen-bond acceptors (Lipinski definition) is 3. The smallest absolute Gasteiger partial charge is 0.257 e. The molecule has 0 amide bonds. The fourth-order valence-electron chi connectivity index (χ4n) is 4.20. The first-order chi connectivity index (χ1) is 12.1. The minimum Gasteiger partial charge on any atom is -0.371 e. The lowest BCUT2D eigenvalue weighted by atomic mass is 9.75. The van der Waals surface area contributed by atoms with Crippen molar-refractivity contribution in [2.24, 2.45) is 5.41 Å². The van der Waals surface area contributed by atoms with Gasteiger partial charge in [-0.15, -0.1) is 0 Å². The summed E-state index contributed by atoms with van der Waals surface area (Å²) in [5, 5.41) is 0. The van der Waals surface area contributed by atoms with Crippen molar-refractivity contribution in [1.82, 2.24) is 9.88 Å². The van der Waals surface area contributed by atoms with E-state index in [4.69, 9.17) is 0 Å². The second-order valence-corrected chi connectivity index (χ2v) is 7.27. The van der Waals surface area contributed by atoms with Gasteiger partial charge >= 0.3 is 0 Å². The predicted octanol–water partition coefficient (Wildman–Crippen LogP) is 3.82. The molecule has 2 saturated heterocycles. The maximum absolute atomic E-state index is 14.9. The molecule has 0 aliphatic carbocycles. The summed E-state index contributed by atoms with van der Waals surface area (Å²) in [5.41, 5.74) is 1.02. The minimum atomic E-state index is -2.61. The number of hydrogen-bond donors (Lipinski definition) is 0.